The van der Waals surface area contributed by atoms with Gasteiger partial charge in [-0.2, -0.15) is 0 Å². The Labute approximate surface area is 210 Å². The third kappa shape index (κ3) is 6.27. The number of anilines is 1. The summed E-state index contributed by atoms with van der Waals surface area (Å²) in [4.78, 5) is 16.9. The van der Waals surface area contributed by atoms with E-state index in [1.807, 2.05) is 25.1 Å². The van der Waals surface area contributed by atoms with Crippen LogP contribution in [0.25, 0.3) is 0 Å². The van der Waals surface area contributed by atoms with Gasteiger partial charge in [-0.1, -0.05) is 39.0 Å². The lowest BCUT2D eigenvalue weighted by Gasteiger charge is -2.34. The van der Waals surface area contributed by atoms with E-state index in [1.54, 1.807) is 33.2 Å². The zero-order chi connectivity index (χ0) is 25.8. The molecule has 7 heteroatoms. The number of hydrogen-bond acceptors (Lipinski definition) is 6. The van der Waals surface area contributed by atoms with E-state index in [9.17, 15) is 4.79 Å². The van der Waals surface area contributed by atoms with Crippen molar-refractivity contribution >= 4 is 11.6 Å². The van der Waals surface area contributed by atoms with Gasteiger partial charge in [0.05, 0.1) is 13.7 Å². The number of fused-ring (bicyclic) bond motifs is 1. The highest BCUT2D eigenvalue weighted by Gasteiger charge is 2.39. The molecule has 1 N–H and O–H groups in total. The third-order valence-corrected chi connectivity index (χ3v) is 6.27. The quantitative estimate of drug-likeness (QED) is 0.499. The van der Waals surface area contributed by atoms with E-state index in [1.165, 1.54) is 5.56 Å². The van der Waals surface area contributed by atoms with Gasteiger partial charge in [-0.3, -0.25) is 9.69 Å². The average Bonchev–Trinajstić information content (AvgIpc) is 3.19. The Hall–Kier alpha value is -2.77. The maximum absolute atomic E-state index is 13.0. The van der Waals surface area contributed by atoms with Gasteiger partial charge < -0.3 is 24.4 Å². The Morgan fingerprint density at radius 1 is 1.17 bits per heavy atom. The molecule has 2 aromatic carbocycles. The summed E-state index contributed by atoms with van der Waals surface area (Å²) in [5.74, 6) is 1.41. The maximum Gasteiger partial charge on any atom is 0.223 e. The molecule has 1 aliphatic heterocycles. The number of hydrogen-bond donors (Lipinski definition) is 1. The number of benzene rings is 2. The van der Waals surface area contributed by atoms with Gasteiger partial charge in [-0.15, -0.1) is 0 Å². The van der Waals surface area contributed by atoms with Gasteiger partial charge >= 0.3 is 0 Å². The minimum Gasteiger partial charge on any atom is -0.493 e. The van der Waals surface area contributed by atoms with Crippen molar-refractivity contribution < 1.29 is 19.0 Å². The van der Waals surface area contributed by atoms with Crippen molar-refractivity contribution in [1.82, 2.24) is 9.80 Å². The predicted molar refractivity (Wildman–Crippen MR) is 140 cm³/mol. The lowest BCUT2D eigenvalue weighted by Crippen LogP contribution is -2.33. The Bertz CT molecular complexity index is 1020. The summed E-state index contributed by atoms with van der Waals surface area (Å²) in [6.07, 6.45) is 0.0371. The normalized spacial score (nSPS) is 16.5. The van der Waals surface area contributed by atoms with E-state index in [-0.39, 0.29) is 23.6 Å². The number of ether oxygens (including phenoxy) is 3. The Morgan fingerprint density at radius 2 is 1.91 bits per heavy atom. The first-order valence-electron chi connectivity index (χ1n) is 12.2. The number of amides is 1. The van der Waals surface area contributed by atoms with Crippen molar-refractivity contribution in [3.05, 3.63) is 53.1 Å². The lowest BCUT2D eigenvalue weighted by molar-refractivity contribution is -0.132. The molecular weight excluding hydrogens is 442 g/mol. The molecule has 0 saturated heterocycles. The first-order valence-corrected chi connectivity index (χ1v) is 12.2. The number of carbonyl (C=O) groups is 1. The summed E-state index contributed by atoms with van der Waals surface area (Å²) in [7, 11) is 6.95. The molecule has 1 aliphatic rings. The number of rotatable bonds is 10. The summed E-state index contributed by atoms with van der Waals surface area (Å²) in [6, 6.07) is 12.1. The fourth-order valence-electron chi connectivity index (χ4n) is 4.47. The lowest BCUT2D eigenvalue weighted by atomic mass is 9.96. The van der Waals surface area contributed by atoms with E-state index < -0.39 is 0 Å². The zero-order valence-corrected chi connectivity index (χ0v) is 22.5. The molecule has 192 valence electrons. The fourth-order valence-corrected chi connectivity index (χ4v) is 4.47. The molecule has 1 amide bonds. The van der Waals surface area contributed by atoms with Crippen molar-refractivity contribution in [3.8, 4) is 11.5 Å². The van der Waals surface area contributed by atoms with Crippen LogP contribution in [0.1, 0.15) is 63.1 Å². The van der Waals surface area contributed by atoms with Crippen molar-refractivity contribution in [2.24, 2.45) is 5.41 Å². The molecule has 1 heterocycles. The van der Waals surface area contributed by atoms with Crippen LogP contribution in [0.5, 0.6) is 11.5 Å². The zero-order valence-electron chi connectivity index (χ0n) is 22.5. The highest BCUT2D eigenvalue weighted by molar-refractivity contribution is 5.76. The molecule has 2 unspecified atom stereocenters. The van der Waals surface area contributed by atoms with E-state index in [0.29, 0.717) is 31.1 Å². The predicted octanol–water partition coefficient (Wildman–Crippen LogP) is 5.23. The molecule has 7 nitrogen and oxygen atoms in total. The highest BCUT2D eigenvalue weighted by atomic mass is 16.5. The van der Waals surface area contributed by atoms with Gasteiger partial charge in [0, 0.05) is 58.0 Å². The average molecular weight is 484 g/mol. The smallest absolute Gasteiger partial charge is 0.223 e. The standard InChI is InChI=1S/C28H41N3O4/c1-9-35-24-15-19(13-14-23(24)33-7)22(16-25(32)30(5)6)31-17-20-11-10-12-21(26(20)27(31)34-8)29-18-28(2,3)4/h10-15,22,27,29H,9,16-18H2,1-8H3. The number of methoxy groups -OCH3 is 2. The summed E-state index contributed by atoms with van der Waals surface area (Å²) in [5, 5.41) is 3.63. The molecule has 0 aliphatic carbocycles. The van der Waals surface area contributed by atoms with Crippen LogP contribution in [-0.2, 0) is 16.1 Å². The molecular formula is C28H41N3O4. The van der Waals surface area contributed by atoms with Crippen LogP contribution in [0, 0.1) is 5.41 Å². The summed E-state index contributed by atoms with van der Waals surface area (Å²) in [5.41, 5.74) is 4.55. The molecule has 2 aromatic rings. The van der Waals surface area contributed by atoms with E-state index in [4.69, 9.17) is 14.2 Å². The minimum absolute atomic E-state index is 0.0562. The number of nitrogens with zero attached hydrogens (tertiary/aromatic N) is 2. The van der Waals surface area contributed by atoms with Crippen LogP contribution in [0.15, 0.2) is 36.4 Å². The monoisotopic (exact) mass is 483 g/mol. The molecule has 0 aromatic heterocycles. The second kappa shape index (κ2) is 11.3. The van der Waals surface area contributed by atoms with Gasteiger partial charge in [0.15, 0.2) is 11.5 Å². The molecule has 0 fully saturated rings. The molecule has 0 bridgehead atoms. The summed E-state index contributed by atoms with van der Waals surface area (Å²) >= 11 is 0. The van der Waals surface area contributed by atoms with E-state index >= 15 is 0 Å². The summed E-state index contributed by atoms with van der Waals surface area (Å²) < 4.78 is 17.4. The number of nitrogens with one attached hydrogen (secondary N) is 1. The second-order valence-corrected chi connectivity index (χ2v) is 10.4. The first-order chi connectivity index (χ1) is 16.6. The largest absolute Gasteiger partial charge is 0.493 e. The molecule has 0 saturated carbocycles. The van der Waals surface area contributed by atoms with Crippen LogP contribution in [-0.4, -0.2) is 57.2 Å². The summed E-state index contributed by atoms with van der Waals surface area (Å²) in [6.45, 7) is 10.6. The Kier molecular flexibility index (Phi) is 8.67. The Morgan fingerprint density at radius 3 is 2.51 bits per heavy atom. The van der Waals surface area contributed by atoms with Crippen LogP contribution in [0.2, 0.25) is 0 Å². The fraction of sp³-hybridized carbons (Fsp3) is 0.536. The SMILES string of the molecule is CCOc1cc(C(CC(=O)N(C)C)N2Cc3cccc(NCC(C)(C)C)c3C2OC)ccc1OC. The first kappa shape index (κ1) is 26.8. The van der Waals surface area contributed by atoms with Crippen LogP contribution in [0.4, 0.5) is 5.69 Å². The maximum atomic E-state index is 13.0. The van der Waals surface area contributed by atoms with Crippen molar-refractivity contribution in [2.75, 3.05) is 46.8 Å². The van der Waals surface area contributed by atoms with Gasteiger partial charge in [0.1, 0.15) is 6.23 Å². The van der Waals surface area contributed by atoms with Gasteiger partial charge in [-0.05, 0) is 41.7 Å². The van der Waals surface area contributed by atoms with Crippen LogP contribution in [0.3, 0.4) is 0 Å². The van der Waals surface area contributed by atoms with Crippen LogP contribution < -0.4 is 14.8 Å². The number of carbonyl (C=O) groups excluding carboxylic acids is 1. The minimum atomic E-state index is -0.286. The highest BCUT2D eigenvalue weighted by Crippen LogP contribution is 2.46. The molecule has 0 radical (unpaired) electrons. The van der Waals surface area contributed by atoms with E-state index in [2.05, 4.69) is 49.2 Å². The van der Waals surface area contributed by atoms with Crippen molar-refractivity contribution in [2.45, 2.75) is 52.9 Å². The third-order valence-electron chi connectivity index (χ3n) is 6.27. The van der Waals surface area contributed by atoms with Crippen molar-refractivity contribution in [1.29, 1.82) is 0 Å². The molecule has 35 heavy (non-hydrogen) atoms. The van der Waals surface area contributed by atoms with Crippen LogP contribution >= 0.6 is 0 Å². The van der Waals surface area contributed by atoms with Gasteiger partial charge in [0.2, 0.25) is 5.91 Å². The van der Waals surface area contributed by atoms with Crippen molar-refractivity contribution in [3.63, 3.8) is 0 Å². The topological polar surface area (TPSA) is 63.3 Å². The van der Waals surface area contributed by atoms with Gasteiger partial charge in [0.25, 0.3) is 0 Å². The molecule has 0 spiro atoms. The molecule has 2 atom stereocenters. The Balaban J connectivity index is 2.03. The van der Waals surface area contributed by atoms with Gasteiger partial charge in [-0.25, -0.2) is 0 Å². The van der Waals surface area contributed by atoms with E-state index in [0.717, 1.165) is 23.4 Å². The molecule has 3 rings (SSSR count). The second-order valence-electron chi connectivity index (χ2n) is 10.4.